The Morgan fingerprint density at radius 3 is 2.65 bits per heavy atom. The van der Waals surface area contributed by atoms with Crippen LogP contribution >= 0.6 is 0 Å². The maximum Gasteiger partial charge on any atom is 0.288 e. The van der Waals surface area contributed by atoms with E-state index in [1.54, 1.807) is 0 Å². The molecule has 3 heterocycles. The number of aromatic nitrogens is 3. The van der Waals surface area contributed by atoms with Gasteiger partial charge in [0.1, 0.15) is 17.0 Å². The molecule has 0 saturated carbocycles. The molecule has 0 radical (unpaired) electrons. The van der Waals surface area contributed by atoms with Gasteiger partial charge in [-0.2, -0.15) is 5.10 Å². The number of rotatable bonds is 6. The fraction of sp³-hybridized carbons (Fsp3) is 0.192. The summed E-state index contributed by atoms with van der Waals surface area (Å²) in [5, 5.41) is 7.08. The lowest BCUT2D eigenvalue weighted by atomic mass is 10.1. The van der Waals surface area contributed by atoms with Crippen molar-refractivity contribution in [1.82, 2.24) is 19.7 Å². The van der Waals surface area contributed by atoms with Gasteiger partial charge in [-0.3, -0.25) is 9.59 Å². The lowest BCUT2D eigenvalue weighted by Crippen LogP contribution is -2.37. The summed E-state index contributed by atoms with van der Waals surface area (Å²) in [6.45, 7) is 4.78. The number of ether oxygens (including phenoxy) is 1. The quantitative estimate of drug-likeness (QED) is 0.428. The molecule has 1 aliphatic heterocycles. The van der Waals surface area contributed by atoms with Crippen LogP contribution in [0.3, 0.4) is 0 Å². The molecule has 3 N–H and O–H groups in total. The number of aromatic amines is 1. The Hall–Kier alpha value is -4.33. The first-order chi connectivity index (χ1) is 16.5. The fourth-order valence-corrected chi connectivity index (χ4v) is 4.63. The van der Waals surface area contributed by atoms with Crippen molar-refractivity contribution in [2.45, 2.75) is 25.4 Å². The number of hydrogen-bond acceptors (Lipinski definition) is 5. The summed E-state index contributed by atoms with van der Waals surface area (Å²) in [5.74, 6) is 1.61. The largest absolute Gasteiger partial charge is 0.457 e. The van der Waals surface area contributed by atoms with E-state index in [1.807, 2.05) is 70.3 Å². The SMILES string of the molecule is C=CC(=O)N1CCC[C@@H]1Cn1cc(-c2ccc(Oc3ccccc3)cc2)c2c(N)n[nH]c(=O)c21. The van der Waals surface area contributed by atoms with Crippen LogP contribution in [0.1, 0.15) is 12.8 Å². The molecule has 0 bridgehead atoms. The van der Waals surface area contributed by atoms with E-state index in [0.717, 1.165) is 29.7 Å². The van der Waals surface area contributed by atoms with Crippen molar-refractivity contribution in [2.24, 2.45) is 0 Å². The zero-order chi connectivity index (χ0) is 23.7. The normalized spacial score (nSPS) is 15.5. The second kappa shape index (κ2) is 8.90. The van der Waals surface area contributed by atoms with E-state index in [2.05, 4.69) is 16.8 Å². The van der Waals surface area contributed by atoms with Crippen LogP contribution in [0.15, 0.2) is 78.2 Å². The first-order valence-corrected chi connectivity index (χ1v) is 11.2. The summed E-state index contributed by atoms with van der Waals surface area (Å²) in [5.41, 5.74) is 8.03. The highest BCUT2D eigenvalue weighted by atomic mass is 16.5. The molecule has 0 aliphatic carbocycles. The lowest BCUT2D eigenvalue weighted by Gasteiger charge is -2.24. The number of nitrogens with one attached hydrogen (secondary N) is 1. The molecule has 8 heteroatoms. The van der Waals surface area contributed by atoms with Gasteiger partial charge >= 0.3 is 0 Å². The smallest absolute Gasteiger partial charge is 0.288 e. The van der Waals surface area contributed by atoms with Gasteiger partial charge < -0.3 is 19.9 Å². The first kappa shape index (κ1) is 21.5. The molecular weight excluding hydrogens is 430 g/mol. The van der Waals surface area contributed by atoms with Gasteiger partial charge in [0, 0.05) is 30.9 Å². The average molecular weight is 456 g/mol. The zero-order valence-corrected chi connectivity index (χ0v) is 18.6. The van der Waals surface area contributed by atoms with Crippen LogP contribution in [0.2, 0.25) is 0 Å². The van der Waals surface area contributed by atoms with Gasteiger partial charge in [0.05, 0.1) is 5.39 Å². The van der Waals surface area contributed by atoms with Crippen molar-refractivity contribution in [3.8, 4) is 22.6 Å². The number of benzene rings is 2. The Morgan fingerprint density at radius 2 is 1.91 bits per heavy atom. The number of para-hydroxylation sites is 1. The molecule has 172 valence electrons. The predicted molar refractivity (Wildman–Crippen MR) is 132 cm³/mol. The number of nitrogens with two attached hydrogens (primary N) is 1. The number of amides is 1. The third-order valence-corrected chi connectivity index (χ3v) is 6.21. The van der Waals surface area contributed by atoms with Crippen molar-refractivity contribution >= 4 is 22.6 Å². The van der Waals surface area contributed by atoms with E-state index < -0.39 is 0 Å². The summed E-state index contributed by atoms with van der Waals surface area (Å²) in [6, 6.07) is 17.1. The average Bonchev–Trinajstić information content (AvgIpc) is 3.48. The summed E-state index contributed by atoms with van der Waals surface area (Å²) in [7, 11) is 0. The molecule has 8 nitrogen and oxygen atoms in total. The van der Waals surface area contributed by atoms with Gasteiger partial charge in [0.15, 0.2) is 5.82 Å². The summed E-state index contributed by atoms with van der Waals surface area (Å²) in [4.78, 5) is 26.9. The first-order valence-electron chi connectivity index (χ1n) is 11.2. The number of nitrogen functional groups attached to an aromatic ring is 1. The van der Waals surface area contributed by atoms with E-state index >= 15 is 0 Å². The number of carbonyl (C=O) groups excluding carboxylic acids is 1. The minimum atomic E-state index is -0.320. The Labute approximate surface area is 196 Å². The molecule has 0 spiro atoms. The Balaban J connectivity index is 1.52. The van der Waals surface area contributed by atoms with Gasteiger partial charge in [-0.25, -0.2) is 5.10 Å². The molecular formula is C26H25N5O3. The highest BCUT2D eigenvalue weighted by molar-refractivity contribution is 6.02. The minimum Gasteiger partial charge on any atom is -0.457 e. The topological polar surface area (TPSA) is 106 Å². The minimum absolute atomic E-state index is 0.0237. The molecule has 5 rings (SSSR count). The predicted octanol–water partition coefficient (Wildman–Crippen LogP) is 3.94. The van der Waals surface area contributed by atoms with Crippen LogP contribution in [-0.2, 0) is 11.3 Å². The van der Waals surface area contributed by atoms with Crippen LogP contribution in [0.25, 0.3) is 22.0 Å². The Bertz CT molecular complexity index is 1410. The lowest BCUT2D eigenvalue weighted by molar-refractivity contribution is -0.126. The Morgan fingerprint density at radius 1 is 1.18 bits per heavy atom. The number of nitrogens with zero attached hydrogens (tertiary/aromatic N) is 3. The van der Waals surface area contributed by atoms with Crippen molar-refractivity contribution in [2.75, 3.05) is 12.3 Å². The third-order valence-electron chi connectivity index (χ3n) is 6.21. The molecule has 1 saturated heterocycles. The van der Waals surface area contributed by atoms with Crippen LogP contribution in [0.5, 0.6) is 11.5 Å². The van der Waals surface area contributed by atoms with E-state index in [4.69, 9.17) is 10.5 Å². The van der Waals surface area contributed by atoms with Gasteiger partial charge in [-0.15, -0.1) is 0 Å². The summed E-state index contributed by atoms with van der Waals surface area (Å²) in [6.07, 6.45) is 5.03. The third kappa shape index (κ3) is 3.94. The molecule has 34 heavy (non-hydrogen) atoms. The van der Waals surface area contributed by atoms with Crippen LogP contribution in [0, 0.1) is 0 Å². The van der Waals surface area contributed by atoms with Crippen molar-refractivity contribution in [1.29, 1.82) is 0 Å². The zero-order valence-electron chi connectivity index (χ0n) is 18.6. The standard InChI is InChI=1S/C26H25N5O3/c1-2-22(32)31-14-6-7-18(31)15-30-16-21(23-24(30)26(33)29-28-25(23)27)17-10-12-20(13-11-17)34-19-8-4-3-5-9-19/h2-5,8-13,16,18H,1,6-7,14-15H2,(H2,27,28)(H,29,33)/t18-/m1/s1. The van der Waals surface area contributed by atoms with Crippen molar-refractivity contribution in [3.05, 3.63) is 83.8 Å². The molecule has 4 aromatic rings. The van der Waals surface area contributed by atoms with E-state index in [-0.39, 0.29) is 23.3 Å². The number of carbonyl (C=O) groups is 1. The molecule has 2 aromatic carbocycles. The van der Waals surface area contributed by atoms with Crippen molar-refractivity contribution in [3.63, 3.8) is 0 Å². The molecule has 1 atom stereocenters. The number of hydrogen-bond donors (Lipinski definition) is 2. The molecule has 1 amide bonds. The molecule has 0 unspecified atom stereocenters. The van der Waals surface area contributed by atoms with Crippen LogP contribution in [-0.4, -0.2) is 38.2 Å². The van der Waals surface area contributed by atoms with E-state index in [9.17, 15) is 9.59 Å². The highest BCUT2D eigenvalue weighted by Crippen LogP contribution is 2.34. The summed E-state index contributed by atoms with van der Waals surface area (Å²) < 4.78 is 7.78. The fourth-order valence-electron chi connectivity index (χ4n) is 4.63. The number of likely N-dealkylation sites (tertiary alicyclic amines) is 1. The second-order valence-corrected chi connectivity index (χ2v) is 8.33. The maximum absolute atomic E-state index is 12.8. The van der Waals surface area contributed by atoms with Gasteiger partial charge in [-0.1, -0.05) is 36.9 Å². The molecule has 2 aromatic heterocycles. The van der Waals surface area contributed by atoms with E-state index in [0.29, 0.717) is 29.7 Å². The number of fused-ring (bicyclic) bond motifs is 1. The maximum atomic E-state index is 12.8. The Kier molecular flexibility index (Phi) is 5.63. The van der Waals surface area contributed by atoms with Crippen LogP contribution < -0.4 is 16.0 Å². The van der Waals surface area contributed by atoms with Crippen molar-refractivity contribution < 1.29 is 9.53 Å². The second-order valence-electron chi connectivity index (χ2n) is 8.33. The molecule has 1 aliphatic rings. The summed E-state index contributed by atoms with van der Waals surface area (Å²) >= 11 is 0. The van der Waals surface area contributed by atoms with Gasteiger partial charge in [0.25, 0.3) is 5.56 Å². The van der Waals surface area contributed by atoms with Gasteiger partial charge in [0.2, 0.25) is 5.91 Å². The number of anilines is 1. The molecule has 1 fully saturated rings. The number of H-pyrrole nitrogens is 1. The monoisotopic (exact) mass is 455 g/mol. The van der Waals surface area contributed by atoms with Crippen LogP contribution in [0.4, 0.5) is 5.82 Å². The van der Waals surface area contributed by atoms with E-state index in [1.165, 1.54) is 6.08 Å². The highest BCUT2D eigenvalue weighted by Gasteiger charge is 2.29. The van der Waals surface area contributed by atoms with Gasteiger partial charge in [-0.05, 0) is 48.7 Å².